The molecule has 0 saturated carbocycles. The molecule has 1 unspecified atom stereocenters. The molecule has 7 heteroatoms. The second-order valence-corrected chi connectivity index (χ2v) is 8.01. The minimum Gasteiger partial charge on any atom is -0.341 e. The van der Waals surface area contributed by atoms with Crippen molar-refractivity contribution in [2.75, 3.05) is 10.6 Å². The van der Waals surface area contributed by atoms with Gasteiger partial charge in [-0.05, 0) is 22.9 Å². The topological polar surface area (TPSA) is 85.1 Å². The highest BCUT2D eigenvalue weighted by atomic mass is 16.2. The largest absolute Gasteiger partial charge is 0.341 e. The van der Waals surface area contributed by atoms with E-state index in [9.17, 15) is 14.4 Å². The van der Waals surface area contributed by atoms with Crippen LogP contribution in [0.4, 0.5) is 17.2 Å². The Morgan fingerprint density at radius 1 is 0.742 bits per heavy atom. The minimum absolute atomic E-state index is 0.253. The van der Waals surface area contributed by atoms with Crippen LogP contribution in [0.25, 0.3) is 10.8 Å². The molecule has 0 aliphatic carbocycles. The minimum atomic E-state index is -1.38. The average molecular weight is 410 g/mol. The quantitative estimate of drug-likeness (QED) is 0.467. The summed E-state index contributed by atoms with van der Waals surface area (Å²) in [6.45, 7) is 0. The van der Waals surface area contributed by atoms with Crippen LogP contribution in [0.1, 0.15) is 16.7 Å². The number of hydrogen-bond acceptors (Lipinski definition) is 4. The van der Waals surface area contributed by atoms with Crippen molar-refractivity contribution >= 4 is 33.9 Å². The Morgan fingerprint density at radius 2 is 1.48 bits per heavy atom. The lowest BCUT2D eigenvalue weighted by Crippen LogP contribution is -2.50. The molecular weight excluding hydrogens is 392 g/mol. The number of rotatable bonds is 0. The van der Waals surface area contributed by atoms with Crippen molar-refractivity contribution in [2.24, 2.45) is 14.1 Å². The van der Waals surface area contributed by atoms with Crippen LogP contribution in [-0.2, 0) is 24.3 Å². The molecule has 2 aliphatic rings. The highest BCUT2D eigenvalue weighted by Gasteiger charge is 2.56. The van der Waals surface area contributed by atoms with Gasteiger partial charge in [-0.25, -0.2) is 4.79 Å². The third kappa shape index (κ3) is 1.95. The molecule has 0 fully saturated rings. The molecule has 1 amide bonds. The van der Waals surface area contributed by atoms with E-state index in [1.54, 1.807) is 7.05 Å². The van der Waals surface area contributed by atoms with Crippen LogP contribution in [0.2, 0.25) is 0 Å². The van der Waals surface area contributed by atoms with Crippen LogP contribution < -0.4 is 21.9 Å². The molecule has 1 atom stereocenters. The van der Waals surface area contributed by atoms with Gasteiger partial charge in [-0.1, -0.05) is 48.5 Å². The SMILES string of the molecule is Cn1c2c(c(=O)n(C)c1=O)C1(C(=O)Nc3ccc4ccccc4c31)c1ccccc1N2. The zero-order valence-electron chi connectivity index (χ0n) is 16.9. The molecule has 3 heterocycles. The van der Waals surface area contributed by atoms with Gasteiger partial charge >= 0.3 is 5.69 Å². The summed E-state index contributed by atoms with van der Waals surface area (Å²) >= 11 is 0. The maximum atomic E-state index is 13.9. The highest BCUT2D eigenvalue weighted by Crippen LogP contribution is 2.55. The average Bonchev–Trinajstić information content (AvgIpc) is 3.09. The first-order valence-corrected chi connectivity index (χ1v) is 9.97. The molecule has 152 valence electrons. The van der Waals surface area contributed by atoms with Crippen molar-refractivity contribution in [1.82, 2.24) is 9.13 Å². The Kier molecular flexibility index (Phi) is 3.27. The van der Waals surface area contributed by atoms with Gasteiger partial charge in [-0.3, -0.25) is 18.7 Å². The van der Waals surface area contributed by atoms with Crippen molar-refractivity contribution in [3.8, 4) is 0 Å². The molecule has 7 nitrogen and oxygen atoms in total. The molecule has 4 aromatic rings. The summed E-state index contributed by atoms with van der Waals surface area (Å²) in [7, 11) is 3.04. The lowest BCUT2D eigenvalue weighted by molar-refractivity contribution is -0.118. The summed E-state index contributed by atoms with van der Waals surface area (Å²) in [5, 5.41) is 8.10. The lowest BCUT2D eigenvalue weighted by atomic mass is 9.67. The van der Waals surface area contributed by atoms with E-state index in [-0.39, 0.29) is 11.5 Å². The molecular formula is C24H18N4O3. The Morgan fingerprint density at radius 3 is 2.32 bits per heavy atom. The molecule has 0 bridgehead atoms. The third-order valence-corrected chi connectivity index (χ3v) is 6.52. The smallest absolute Gasteiger partial charge is 0.332 e. The summed E-state index contributed by atoms with van der Waals surface area (Å²) in [6.07, 6.45) is 0. The Bertz CT molecular complexity index is 1580. The molecule has 0 radical (unpaired) electrons. The van der Waals surface area contributed by atoms with E-state index in [1.807, 2.05) is 60.7 Å². The van der Waals surface area contributed by atoms with Gasteiger partial charge in [0.1, 0.15) is 11.2 Å². The number of hydrogen-bond donors (Lipinski definition) is 2. The summed E-state index contributed by atoms with van der Waals surface area (Å²) in [5.74, 6) is 0.0348. The van der Waals surface area contributed by atoms with Gasteiger partial charge in [0.15, 0.2) is 0 Å². The second kappa shape index (κ2) is 5.72. The van der Waals surface area contributed by atoms with Crippen molar-refractivity contribution in [1.29, 1.82) is 0 Å². The van der Waals surface area contributed by atoms with E-state index in [2.05, 4.69) is 10.6 Å². The zero-order chi connectivity index (χ0) is 21.5. The first-order valence-electron chi connectivity index (χ1n) is 9.97. The number of fused-ring (bicyclic) bond motifs is 8. The van der Waals surface area contributed by atoms with E-state index in [1.165, 1.54) is 11.6 Å². The molecule has 31 heavy (non-hydrogen) atoms. The highest BCUT2D eigenvalue weighted by molar-refractivity contribution is 6.17. The standard InChI is InChI=1S/C24H18N4O3/c1-27-20-19(21(29)28(2)23(27)31)24(15-9-5-6-10-16(15)25-20)18-14-8-4-3-7-13(14)11-12-17(18)26-22(24)30/h3-12,25H,1-2H3,(H,26,30). The van der Waals surface area contributed by atoms with Crippen molar-refractivity contribution < 1.29 is 4.79 Å². The van der Waals surface area contributed by atoms with Crippen LogP contribution in [0.5, 0.6) is 0 Å². The van der Waals surface area contributed by atoms with Crippen molar-refractivity contribution in [2.45, 2.75) is 5.41 Å². The Balaban J connectivity index is 1.91. The van der Waals surface area contributed by atoms with Crippen LogP contribution in [-0.4, -0.2) is 15.0 Å². The summed E-state index contributed by atoms with van der Waals surface area (Å²) < 4.78 is 2.46. The molecule has 6 rings (SSSR count). The number of nitrogens with one attached hydrogen (secondary N) is 2. The van der Waals surface area contributed by atoms with Crippen molar-refractivity contribution in [3.63, 3.8) is 0 Å². The van der Waals surface area contributed by atoms with E-state index < -0.39 is 16.7 Å². The third-order valence-electron chi connectivity index (χ3n) is 6.52. The zero-order valence-corrected chi connectivity index (χ0v) is 16.9. The summed E-state index contributed by atoms with van der Waals surface area (Å²) in [6, 6.07) is 19.1. The number of nitrogens with zero attached hydrogens (tertiary/aromatic N) is 2. The number of carbonyl (C=O) groups excluding carboxylic acids is 1. The number of benzene rings is 3. The fraction of sp³-hybridized carbons (Fsp3) is 0.125. The van der Waals surface area contributed by atoms with Gasteiger partial charge in [-0.15, -0.1) is 0 Å². The predicted molar refractivity (Wildman–Crippen MR) is 119 cm³/mol. The number of para-hydroxylation sites is 1. The number of carbonyl (C=O) groups is 1. The molecule has 0 saturated heterocycles. The van der Waals surface area contributed by atoms with E-state index >= 15 is 0 Å². The molecule has 1 aromatic heterocycles. The van der Waals surface area contributed by atoms with Crippen LogP contribution >= 0.6 is 0 Å². The maximum Gasteiger partial charge on any atom is 0.332 e. The molecule has 2 aliphatic heterocycles. The fourth-order valence-electron chi connectivity index (χ4n) is 5.11. The van der Waals surface area contributed by atoms with E-state index in [4.69, 9.17) is 0 Å². The maximum absolute atomic E-state index is 13.9. The van der Waals surface area contributed by atoms with Gasteiger partial charge in [0.25, 0.3) is 5.56 Å². The van der Waals surface area contributed by atoms with Gasteiger partial charge < -0.3 is 10.6 Å². The van der Waals surface area contributed by atoms with Crippen LogP contribution in [0, 0.1) is 0 Å². The van der Waals surface area contributed by atoms with Gasteiger partial charge in [0.2, 0.25) is 5.91 Å². The van der Waals surface area contributed by atoms with Crippen LogP contribution in [0.3, 0.4) is 0 Å². The van der Waals surface area contributed by atoms with Gasteiger partial charge in [-0.2, -0.15) is 0 Å². The van der Waals surface area contributed by atoms with E-state index in [0.717, 1.165) is 20.9 Å². The first kappa shape index (κ1) is 17.7. The first-order chi connectivity index (χ1) is 15.0. The number of anilines is 3. The van der Waals surface area contributed by atoms with Gasteiger partial charge in [0.05, 0.1) is 5.56 Å². The second-order valence-electron chi connectivity index (χ2n) is 8.01. The monoisotopic (exact) mass is 410 g/mol. The number of amides is 1. The lowest BCUT2D eigenvalue weighted by Gasteiger charge is -2.37. The van der Waals surface area contributed by atoms with E-state index in [0.29, 0.717) is 22.8 Å². The fourth-order valence-corrected chi connectivity index (χ4v) is 5.11. The predicted octanol–water partition coefficient (Wildman–Crippen LogP) is 2.58. The Labute approximate surface area is 176 Å². The summed E-state index contributed by atoms with van der Waals surface area (Å²) in [4.78, 5) is 40.1. The number of aromatic nitrogens is 2. The molecule has 3 aromatic carbocycles. The molecule has 1 spiro atoms. The van der Waals surface area contributed by atoms with Gasteiger partial charge in [0, 0.05) is 36.6 Å². The normalized spacial score (nSPS) is 18.3. The molecule has 2 N–H and O–H groups in total. The van der Waals surface area contributed by atoms with Crippen molar-refractivity contribution in [3.05, 3.63) is 98.2 Å². The Hall–Kier alpha value is -4.13. The van der Waals surface area contributed by atoms with Crippen LogP contribution in [0.15, 0.2) is 70.3 Å². The summed E-state index contributed by atoms with van der Waals surface area (Å²) in [5.41, 5.74) is 0.707.